The van der Waals surface area contributed by atoms with Gasteiger partial charge in [0.15, 0.2) is 11.5 Å². The molecule has 1 N–H and O–H groups in total. The number of fused-ring (bicyclic) bond motifs is 1. The summed E-state index contributed by atoms with van der Waals surface area (Å²) in [4.78, 5) is 17.0. The van der Waals surface area contributed by atoms with Crippen molar-refractivity contribution in [3.05, 3.63) is 53.1 Å². The van der Waals surface area contributed by atoms with Crippen molar-refractivity contribution in [1.82, 2.24) is 10.2 Å². The van der Waals surface area contributed by atoms with E-state index in [0.29, 0.717) is 11.1 Å². The minimum Gasteiger partial charge on any atom is -0.493 e. The number of hydrogen-bond acceptors (Lipinski definition) is 4. The number of amides is 2. The van der Waals surface area contributed by atoms with E-state index in [9.17, 15) is 4.79 Å². The second-order valence-electron chi connectivity index (χ2n) is 8.93. The number of carbonyl (C=O) groups excluding carboxylic acids is 1. The Morgan fingerprint density at radius 2 is 1.94 bits per heavy atom. The Labute approximate surface area is 195 Å². The molecule has 2 fully saturated rings. The SMILES string of the molecule is COc1ccc([C@@]23CC[C@@H](NC(=O)N(C)c4cccc(Cl)c4)C[C@@H]2N(C)CC3)cc1OC. The maximum absolute atomic E-state index is 12.9. The van der Waals surface area contributed by atoms with E-state index in [1.54, 1.807) is 32.2 Å². The van der Waals surface area contributed by atoms with Crippen molar-refractivity contribution in [3.63, 3.8) is 0 Å². The molecule has 2 aliphatic rings. The van der Waals surface area contributed by atoms with E-state index in [1.807, 2.05) is 24.3 Å². The highest BCUT2D eigenvalue weighted by Crippen LogP contribution is 2.49. The highest BCUT2D eigenvalue weighted by atomic mass is 35.5. The van der Waals surface area contributed by atoms with E-state index in [1.165, 1.54) is 5.56 Å². The van der Waals surface area contributed by atoms with Crippen LogP contribution in [0.5, 0.6) is 11.5 Å². The van der Waals surface area contributed by atoms with Crippen LogP contribution < -0.4 is 19.7 Å². The molecule has 4 rings (SSSR count). The fourth-order valence-corrected chi connectivity index (χ4v) is 5.65. The van der Waals surface area contributed by atoms with Crippen LogP contribution in [0, 0.1) is 0 Å². The van der Waals surface area contributed by atoms with E-state index < -0.39 is 0 Å². The van der Waals surface area contributed by atoms with E-state index >= 15 is 0 Å². The van der Waals surface area contributed by atoms with Crippen LogP contribution in [0.3, 0.4) is 0 Å². The number of methoxy groups -OCH3 is 2. The molecule has 0 unspecified atom stereocenters. The molecule has 1 saturated heterocycles. The molecule has 0 spiro atoms. The Kier molecular flexibility index (Phi) is 6.54. The molecule has 0 radical (unpaired) electrons. The maximum Gasteiger partial charge on any atom is 0.321 e. The standard InChI is InChI=1S/C25H32ClN3O3/c1-28-13-12-25(17-8-9-21(31-3)22(14-17)32-4)11-10-19(16-23(25)28)27-24(30)29(2)20-7-5-6-18(26)15-20/h5-9,14-15,19,23H,10-13,16H2,1-4H3,(H,27,30)/t19-,23+,25+/m1/s1. The first-order chi connectivity index (χ1) is 15.4. The molecule has 2 aromatic carbocycles. The third kappa shape index (κ3) is 4.14. The zero-order chi connectivity index (χ0) is 22.9. The van der Waals surface area contributed by atoms with Crippen LogP contribution >= 0.6 is 11.6 Å². The molecular weight excluding hydrogens is 426 g/mol. The summed E-state index contributed by atoms with van der Waals surface area (Å²) in [7, 11) is 7.31. The summed E-state index contributed by atoms with van der Waals surface area (Å²) < 4.78 is 11.0. The highest BCUT2D eigenvalue weighted by molar-refractivity contribution is 6.30. The molecule has 1 aliphatic carbocycles. The van der Waals surface area contributed by atoms with Gasteiger partial charge in [0, 0.05) is 35.3 Å². The van der Waals surface area contributed by atoms with Gasteiger partial charge in [-0.15, -0.1) is 0 Å². The predicted octanol–water partition coefficient (Wildman–Crippen LogP) is 4.70. The van der Waals surface area contributed by atoms with E-state index in [-0.39, 0.29) is 17.5 Å². The average Bonchev–Trinajstić information content (AvgIpc) is 3.15. The summed E-state index contributed by atoms with van der Waals surface area (Å²) in [5, 5.41) is 3.87. The number of carbonyl (C=O) groups is 1. The van der Waals surface area contributed by atoms with Gasteiger partial charge in [-0.25, -0.2) is 4.79 Å². The molecule has 6 nitrogen and oxygen atoms in total. The normalized spacial score (nSPS) is 25.2. The second-order valence-corrected chi connectivity index (χ2v) is 9.37. The molecule has 32 heavy (non-hydrogen) atoms. The van der Waals surface area contributed by atoms with Crippen molar-refractivity contribution in [3.8, 4) is 11.5 Å². The third-order valence-corrected chi connectivity index (χ3v) is 7.55. The summed E-state index contributed by atoms with van der Waals surface area (Å²) in [5.74, 6) is 1.52. The lowest BCUT2D eigenvalue weighted by molar-refractivity contribution is 0.155. The quantitative estimate of drug-likeness (QED) is 0.707. The number of ether oxygens (including phenoxy) is 2. The molecule has 1 aliphatic heterocycles. The Balaban J connectivity index is 1.51. The zero-order valence-electron chi connectivity index (χ0n) is 19.2. The number of halogens is 1. The van der Waals surface area contributed by atoms with Gasteiger partial charge in [-0.2, -0.15) is 0 Å². The third-order valence-electron chi connectivity index (χ3n) is 7.31. The van der Waals surface area contributed by atoms with E-state index in [4.69, 9.17) is 21.1 Å². The van der Waals surface area contributed by atoms with Gasteiger partial charge in [0.25, 0.3) is 0 Å². The molecule has 0 aromatic heterocycles. The number of benzene rings is 2. The van der Waals surface area contributed by atoms with E-state index in [0.717, 1.165) is 49.4 Å². The van der Waals surface area contributed by atoms with Gasteiger partial charge in [0.1, 0.15) is 0 Å². The van der Waals surface area contributed by atoms with Crippen LogP contribution in [0.2, 0.25) is 5.02 Å². The summed E-state index contributed by atoms with van der Waals surface area (Å²) in [6.45, 7) is 1.04. The number of hydrogen-bond donors (Lipinski definition) is 1. The molecule has 2 aromatic rings. The van der Waals surface area contributed by atoms with Gasteiger partial charge in [0.2, 0.25) is 0 Å². The Bertz CT molecular complexity index is 985. The minimum absolute atomic E-state index is 0.0639. The number of likely N-dealkylation sites (tertiary alicyclic amines) is 1. The first-order valence-corrected chi connectivity index (χ1v) is 11.5. The largest absolute Gasteiger partial charge is 0.493 e. The van der Waals surface area contributed by atoms with Crippen LogP contribution in [-0.2, 0) is 5.41 Å². The van der Waals surface area contributed by atoms with Crippen molar-refractivity contribution < 1.29 is 14.3 Å². The lowest BCUT2D eigenvalue weighted by Crippen LogP contribution is -2.53. The fourth-order valence-electron chi connectivity index (χ4n) is 5.47. The Morgan fingerprint density at radius 3 is 2.66 bits per heavy atom. The zero-order valence-corrected chi connectivity index (χ0v) is 20.0. The summed E-state index contributed by atoms with van der Waals surface area (Å²) >= 11 is 6.10. The highest BCUT2D eigenvalue weighted by Gasteiger charge is 2.50. The molecule has 2 amide bonds. The monoisotopic (exact) mass is 457 g/mol. The second kappa shape index (κ2) is 9.20. The van der Waals surface area contributed by atoms with Gasteiger partial charge in [-0.05, 0) is 75.2 Å². The maximum atomic E-state index is 12.9. The smallest absolute Gasteiger partial charge is 0.321 e. The number of rotatable bonds is 5. The molecule has 7 heteroatoms. The molecule has 0 bridgehead atoms. The molecule has 172 valence electrons. The Hall–Kier alpha value is -2.44. The van der Waals surface area contributed by atoms with Crippen LogP contribution in [0.15, 0.2) is 42.5 Å². The lowest BCUT2D eigenvalue weighted by Gasteiger charge is -2.45. The predicted molar refractivity (Wildman–Crippen MR) is 128 cm³/mol. The van der Waals surface area contributed by atoms with Crippen molar-refractivity contribution in [2.24, 2.45) is 0 Å². The topological polar surface area (TPSA) is 54.0 Å². The fraction of sp³-hybridized carbons (Fsp3) is 0.480. The van der Waals surface area contributed by atoms with Crippen molar-refractivity contribution in [2.75, 3.05) is 39.8 Å². The number of urea groups is 1. The number of nitrogens with one attached hydrogen (secondary N) is 1. The van der Waals surface area contributed by atoms with Gasteiger partial charge in [0.05, 0.1) is 14.2 Å². The summed E-state index contributed by atoms with van der Waals surface area (Å²) in [5.41, 5.74) is 2.14. The van der Waals surface area contributed by atoms with Crippen LogP contribution in [-0.4, -0.2) is 57.9 Å². The van der Waals surface area contributed by atoms with Gasteiger partial charge >= 0.3 is 6.03 Å². The number of likely N-dealkylation sites (N-methyl/N-ethyl adjacent to an activating group) is 1. The average molecular weight is 458 g/mol. The van der Waals surface area contributed by atoms with Gasteiger partial charge < -0.3 is 19.7 Å². The molecule has 1 saturated carbocycles. The number of nitrogens with zero attached hydrogens (tertiary/aromatic N) is 2. The molecular formula is C25H32ClN3O3. The number of anilines is 1. The summed E-state index contributed by atoms with van der Waals surface area (Å²) in [6, 6.07) is 14.1. The van der Waals surface area contributed by atoms with E-state index in [2.05, 4.69) is 29.4 Å². The van der Waals surface area contributed by atoms with Crippen LogP contribution in [0.25, 0.3) is 0 Å². The summed E-state index contributed by atoms with van der Waals surface area (Å²) in [6.07, 6.45) is 3.98. The minimum atomic E-state index is -0.100. The van der Waals surface area contributed by atoms with Crippen LogP contribution in [0.4, 0.5) is 10.5 Å². The molecule has 1 heterocycles. The molecule has 3 atom stereocenters. The first kappa shape index (κ1) is 22.7. The lowest BCUT2D eigenvalue weighted by atomic mass is 9.65. The van der Waals surface area contributed by atoms with Gasteiger partial charge in [-0.3, -0.25) is 4.90 Å². The van der Waals surface area contributed by atoms with Crippen molar-refractivity contribution in [1.29, 1.82) is 0 Å². The van der Waals surface area contributed by atoms with Crippen LogP contribution in [0.1, 0.15) is 31.2 Å². The van der Waals surface area contributed by atoms with Crippen molar-refractivity contribution >= 4 is 23.3 Å². The van der Waals surface area contributed by atoms with Gasteiger partial charge in [-0.1, -0.05) is 23.7 Å². The Morgan fingerprint density at radius 1 is 1.16 bits per heavy atom. The first-order valence-electron chi connectivity index (χ1n) is 11.1. The van der Waals surface area contributed by atoms with Crippen molar-refractivity contribution in [2.45, 2.75) is 43.2 Å².